The topological polar surface area (TPSA) is 86.7 Å². The predicted octanol–water partition coefficient (Wildman–Crippen LogP) is 5.30. The Kier molecular flexibility index (Phi) is 6.91. The molecule has 172 valence electrons. The quantitative estimate of drug-likeness (QED) is 0.475. The number of sulfonamides is 1. The molecule has 0 spiro atoms. The molecule has 3 aromatic carbocycles. The molecule has 1 aliphatic heterocycles. The number of anilines is 2. The zero-order chi connectivity index (χ0) is 23.4. The van der Waals surface area contributed by atoms with Crippen molar-refractivity contribution in [2.24, 2.45) is 5.92 Å². The van der Waals surface area contributed by atoms with E-state index in [0.717, 1.165) is 32.4 Å². The Bertz CT molecular complexity index is 1240. The second kappa shape index (κ2) is 9.85. The van der Waals surface area contributed by atoms with Crippen molar-refractivity contribution in [2.45, 2.75) is 24.2 Å². The van der Waals surface area contributed by atoms with Crippen LogP contribution in [0.15, 0.2) is 77.7 Å². The minimum absolute atomic E-state index is 0.0619. The number of halogens is 1. The Balaban J connectivity index is 1.49. The first-order valence-corrected chi connectivity index (χ1v) is 12.6. The minimum atomic E-state index is -3.95. The first-order chi connectivity index (χ1) is 15.8. The monoisotopic (exact) mass is 484 g/mol. The van der Waals surface area contributed by atoms with Gasteiger partial charge in [-0.05, 0) is 61.1 Å². The van der Waals surface area contributed by atoms with Crippen molar-refractivity contribution < 1.29 is 18.3 Å². The molecule has 33 heavy (non-hydrogen) atoms. The molecule has 0 bridgehead atoms. The van der Waals surface area contributed by atoms with Gasteiger partial charge in [-0.3, -0.25) is 4.72 Å². The van der Waals surface area contributed by atoms with E-state index in [1.807, 2.05) is 18.2 Å². The van der Waals surface area contributed by atoms with Gasteiger partial charge in [0.15, 0.2) is 0 Å². The molecule has 3 aromatic rings. The molecule has 0 saturated carbocycles. The van der Waals surface area contributed by atoms with E-state index in [0.29, 0.717) is 11.6 Å². The minimum Gasteiger partial charge on any atom is -0.478 e. The molecule has 1 heterocycles. The molecule has 1 saturated heterocycles. The zero-order valence-corrected chi connectivity index (χ0v) is 19.5. The van der Waals surface area contributed by atoms with E-state index in [1.54, 1.807) is 24.3 Å². The molecule has 0 radical (unpaired) electrons. The number of piperidine rings is 1. The summed E-state index contributed by atoms with van der Waals surface area (Å²) >= 11 is 6.03. The number of carboxylic acid groups (broad SMARTS) is 1. The van der Waals surface area contributed by atoms with Crippen molar-refractivity contribution in [3.05, 3.63) is 88.9 Å². The van der Waals surface area contributed by atoms with Gasteiger partial charge in [0.25, 0.3) is 10.0 Å². The van der Waals surface area contributed by atoms with E-state index < -0.39 is 16.0 Å². The molecule has 0 amide bonds. The number of hydrogen-bond acceptors (Lipinski definition) is 4. The summed E-state index contributed by atoms with van der Waals surface area (Å²) in [6.45, 7) is 1.50. The lowest BCUT2D eigenvalue weighted by atomic mass is 9.90. The summed E-state index contributed by atoms with van der Waals surface area (Å²) in [6, 6.07) is 21.1. The van der Waals surface area contributed by atoms with Crippen molar-refractivity contribution in [1.82, 2.24) is 0 Å². The number of rotatable bonds is 7. The van der Waals surface area contributed by atoms with Gasteiger partial charge in [-0.25, -0.2) is 13.2 Å². The summed E-state index contributed by atoms with van der Waals surface area (Å²) in [5, 5.41) is 9.90. The third-order valence-electron chi connectivity index (χ3n) is 5.93. The van der Waals surface area contributed by atoms with Crippen LogP contribution in [0.5, 0.6) is 0 Å². The molecule has 6 nitrogen and oxygen atoms in total. The average Bonchev–Trinajstić information content (AvgIpc) is 2.80. The summed E-state index contributed by atoms with van der Waals surface area (Å²) in [6.07, 6.45) is 2.95. The van der Waals surface area contributed by atoms with Crippen LogP contribution in [0.3, 0.4) is 0 Å². The first kappa shape index (κ1) is 23.1. The Morgan fingerprint density at radius 2 is 1.67 bits per heavy atom. The van der Waals surface area contributed by atoms with Gasteiger partial charge in [-0.2, -0.15) is 0 Å². The van der Waals surface area contributed by atoms with Crippen molar-refractivity contribution in [2.75, 3.05) is 22.7 Å². The van der Waals surface area contributed by atoms with Crippen LogP contribution in [-0.2, 0) is 16.4 Å². The highest BCUT2D eigenvalue weighted by molar-refractivity contribution is 7.92. The molecule has 2 N–H and O–H groups in total. The Hall–Kier alpha value is -3.03. The summed E-state index contributed by atoms with van der Waals surface area (Å²) in [4.78, 5) is 14.0. The number of carbonyl (C=O) groups is 1. The lowest BCUT2D eigenvalue weighted by Gasteiger charge is -2.34. The van der Waals surface area contributed by atoms with Gasteiger partial charge >= 0.3 is 5.97 Å². The molecular weight excluding hydrogens is 460 g/mol. The SMILES string of the molecule is O=C(O)c1cc(NS(=O)(=O)c2ccccc2Cl)ccc1N1CCC(Cc2ccccc2)CC1. The van der Waals surface area contributed by atoms with Gasteiger partial charge in [0.1, 0.15) is 4.90 Å². The number of nitrogens with zero attached hydrogens (tertiary/aromatic N) is 1. The molecule has 0 aromatic heterocycles. The van der Waals surface area contributed by atoms with Gasteiger partial charge in [0.05, 0.1) is 16.3 Å². The van der Waals surface area contributed by atoms with Gasteiger partial charge in [0.2, 0.25) is 0 Å². The van der Waals surface area contributed by atoms with Crippen LogP contribution in [-0.4, -0.2) is 32.6 Å². The van der Waals surface area contributed by atoms with Crippen LogP contribution in [0.4, 0.5) is 11.4 Å². The molecule has 1 fully saturated rings. The molecule has 4 rings (SSSR count). The van der Waals surface area contributed by atoms with Crippen LogP contribution in [0.1, 0.15) is 28.8 Å². The normalized spacial score (nSPS) is 14.8. The van der Waals surface area contributed by atoms with Crippen molar-refractivity contribution in [3.8, 4) is 0 Å². The molecule has 0 aliphatic carbocycles. The molecule has 8 heteroatoms. The van der Waals surface area contributed by atoms with E-state index in [2.05, 4.69) is 21.8 Å². The number of aromatic carboxylic acids is 1. The van der Waals surface area contributed by atoms with E-state index >= 15 is 0 Å². The first-order valence-electron chi connectivity index (χ1n) is 10.8. The smallest absolute Gasteiger partial charge is 0.337 e. The second-order valence-corrected chi connectivity index (χ2v) is 10.3. The molecular formula is C25H25ClN2O4S. The Labute approximate surface area is 198 Å². The van der Waals surface area contributed by atoms with Crippen LogP contribution in [0, 0.1) is 5.92 Å². The summed E-state index contributed by atoms with van der Waals surface area (Å²) in [7, 11) is -3.95. The largest absolute Gasteiger partial charge is 0.478 e. The third kappa shape index (κ3) is 5.49. The second-order valence-electron chi connectivity index (χ2n) is 8.19. The van der Waals surface area contributed by atoms with Crippen molar-refractivity contribution in [3.63, 3.8) is 0 Å². The maximum absolute atomic E-state index is 12.7. The number of carboxylic acids is 1. The fourth-order valence-electron chi connectivity index (χ4n) is 4.24. The van der Waals surface area contributed by atoms with Gasteiger partial charge in [-0.1, -0.05) is 54.1 Å². The van der Waals surface area contributed by atoms with Crippen LogP contribution < -0.4 is 9.62 Å². The molecule has 0 unspecified atom stereocenters. The van der Waals surface area contributed by atoms with Gasteiger partial charge in [0, 0.05) is 18.8 Å². The highest BCUT2D eigenvalue weighted by Crippen LogP contribution is 2.31. The van der Waals surface area contributed by atoms with Crippen LogP contribution in [0.2, 0.25) is 5.02 Å². The maximum atomic E-state index is 12.7. The molecule has 1 aliphatic rings. The predicted molar refractivity (Wildman–Crippen MR) is 131 cm³/mol. The van der Waals surface area contributed by atoms with Crippen molar-refractivity contribution >= 4 is 39.0 Å². The number of nitrogens with one attached hydrogen (secondary N) is 1. The zero-order valence-electron chi connectivity index (χ0n) is 17.9. The van der Waals surface area contributed by atoms with Crippen molar-refractivity contribution in [1.29, 1.82) is 0 Å². The number of hydrogen-bond donors (Lipinski definition) is 2. The average molecular weight is 485 g/mol. The standard InChI is InChI=1S/C25H25ClN2O4S/c26-22-8-4-5-9-24(22)33(31,32)27-20-10-11-23(21(17-20)25(29)30)28-14-12-19(13-15-28)16-18-6-2-1-3-7-18/h1-11,17,19,27H,12-16H2,(H,29,30). The van der Waals surface area contributed by atoms with Gasteiger partial charge in [-0.15, -0.1) is 0 Å². The summed E-state index contributed by atoms with van der Waals surface area (Å²) in [5.74, 6) is -0.547. The van der Waals surface area contributed by atoms with Crippen LogP contribution in [0.25, 0.3) is 0 Å². The number of benzene rings is 3. The summed E-state index contributed by atoms with van der Waals surface area (Å²) in [5.41, 5.74) is 2.16. The third-order valence-corrected chi connectivity index (χ3v) is 7.81. The van der Waals surface area contributed by atoms with Gasteiger partial charge < -0.3 is 10.0 Å². The van der Waals surface area contributed by atoms with Crippen LogP contribution >= 0.6 is 11.6 Å². The van der Waals surface area contributed by atoms with E-state index in [-0.39, 0.29) is 21.2 Å². The maximum Gasteiger partial charge on any atom is 0.337 e. The summed E-state index contributed by atoms with van der Waals surface area (Å²) < 4.78 is 27.9. The molecule has 0 atom stereocenters. The highest BCUT2D eigenvalue weighted by atomic mass is 35.5. The highest BCUT2D eigenvalue weighted by Gasteiger charge is 2.24. The Morgan fingerprint density at radius 3 is 2.33 bits per heavy atom. The fraction of sp³-hybridized carbons (Fsp3) is 0.240. The fourth-order valence-corrected chi connectivity index (χ4v) is 5.81. The van der Waals surface area contributed by atoms with E-state index in [9.17, 15) is 18.3 Å². The lowest BCUT2D eigenvalue weighted by molar-refractivity contribution is 0.0697. The lowest BCUT2D eigenvalue weighted by Crippen LogP contribution is -2.35. The van der Waals surface area contributed by atoms with E-state index in [1.165, 1.54) is 23.8 Å². The Morgan fingerprint density at radius 1 is 1.00 bits per heavy atom. The van der Waals surface area contributed by atoms with E-state index in [4.69, 9.17) is 11.6 Å².